The summed E-state index contributed by atoms with van der Waals surface area (Å²) in [7, 11) is 0. The average Bonchev–Trinajstić information content (AvgIpc) is 3.04. The van der Waals surface area contributed by atoms with Gasteiger partial charge in [-0.05, 0) is 61.1 Å². The molecule has 0 spiro atoms. The van der Waals surface area contributed by atoms with E-state index in [0.717, 1.165) is 6.42 Å². The van der Waals surface area contributed by atoms with E-state index in [2.05, 4.69) is 18.2 Å². The van der Waals surface area contributed by atoms with Gasteiger partial charge < -0.3 is 4.79 Å². The molecular formula is C15H18O. The second-order valence-corrected chi connectivity index (χ2v) is 5.30. The second-order valence-electron chi connectivity index (χ2n) is 5.30. The smallest absolute Gasteiger partial charge is 0.123 e. The Morgan fingerprint density at radius 1 is 1.25 bits per heavy atom. The lowest BCUT2D eigenvalue weighted by Crippen LogP contribution is -2.08. The molecule has 1 aromatic carbocycles. The number of aryl methyl sites for hydroxylation is 2. The Hall–Kier alpha value is -1.11. The summed E-state index contributed by atoms with van der Waals surface area (Å²) >= 11 is 0. The van der Waals surface area contributed by atoms with Gasteiger partial charge in [0.15, 0.2) is 0 Å². The molecule has 1 saturated carbocycles. The van der Waals surface area contributed by atoms with Crippen molar-refractivity contribution in [1.82, 2.24) is 0 Å². The van der Waals surface area contributed by atoms with Crippen LogP contribution in [0.1, 0.15) is 36.0 Å². The van der Waals surface area contributed by atoms with E-state index in [1.165, 1.54) is 55.1 Å². The summed E-state index contributed by atoms with van der Waals surface area (Å²) < 4.78 is 0. The summed E-state index contributed by atoms with van der Waals surface area (Å²) in [6.45, 7) is 0. The van der Waals surface area contributed by atoms with Gasteiger partial charge in [0.1, 0.15) is 6.29 Å². The first-order valence-corrected chi connectivity index (χ1v) is 6.43. The Bertz CT molecular complexity index is 404. The average molecular weight is 214 g/mol. The number of rotatable bonds is 4. The standard InChI is InChI=1S/C15H18O/c16-10-15(13-6-7-13)9-11-4-5-12-2-1-3-14(12)8-11/h4-5,8,10,13,15H,1-3,6-7,9H2. The summed E-state index contributed by atoms with van der Waals surface area (Å²) in [5.41, 5.74) is 4.42. The zero-order chi connectivity index (χ0) is 11.0. The SMILES string of the molecule is O=CC(Cc1ccc2c(c1)CCC2)C1CC1. The third-order valence-corrected chi connectivity index (χ3v) is 4.04. The molecule has 1 aromatic rings. The van der Waals surface area contributed by atoms with Crippen molar-refractivity contribution >= 4 is 6.29 Å². The lowest BCUT2D eigenvalue weighted by atomic mass is 9.94. The first kappa shape index (κ1) is 10.1. The number of aldehydes is 1. The van der Waals surface area contributed by atoms with Gasteiger partial charge in [-0.15, -0.1) is 0 Å². The molecule has 1 heteroatoms. The largest absolute Gasteiger partial charge is 0.303 e. The van der Waals surface area contributed by atoms with E-state index >= 15 is 0 Å². The van der Waals surface area contributed by atoms with Gasteiger partial charge in [-0.3, -0.25) is 0 Å². The highest BCUT2D eigenvalue weighted by atomic mass is 16.1. The molecule has 1 fully saturated rings. The molecule has 2 aliphatic rings. The number of carbonyl (C=O) groups excluding carboxylic acids is 1. The van der Waals surface area contributed by atoms with Crippen LogP contribution in [0.25, 0.3) is 0 Å². The van der Waals surface area contributed by atoms with E-state index in [1.807, 2.05) is 0 Å². The van der Waals surface area contributed by atoms with Crippen LogP contribution in [0.3, 0.4) is 0 Å². The Morgan fingerprint density at radius 3 is 2.81 bits per heavy atom. The lowest BCUT2D eigenvalue weighted by molar-refractivity contribution is -0.111. The lowest BCUT2D eigenvalue weighted by Gasteiger charge is -2.10. The number of hydrogen-bond acceptors (Lipinski definition) is 1. The molecule has 1 atom stereocenters. The van der Waals surface area contributed by atoms with Crippen molar-refractivity contribution in [3.8, 4) is 0 Å². The van der Waals surface area contributed by atoms with Crippen molar-refractivity contribution in [3.05, 3.63) is 34.9 Å². The van der Waals surface area contributed by atoms with E-state index < -0.39 is 0 Å². The number of hydrogen-bond donors (Lipinski definition) is 0. The van der Waals surface area contributed by atoms with Gasteiger partial charge in [-0.1, -0.05) is 18.2 Å². The van der Waals surface area contributed by atoms with Gasteiger partial charge in [0.05, 0.1) is 0 Å². The topological polar surface area (TPSA) is 17.1 Å². The van der Waals surface area contributed by atoms with Gasteiger partial charge in [-0.25, -0.2) is 0 Å². The quantitative estimate of drug-likeness (QED) is 0.704. The molecule has 2 aliphatic carbocycles. The monoisotopic (exact) mass is 214 g/mol. The third-order valence-electron chi connectivity index (χ3n) is 4.04. The van der Waals surface area contributed by atoms with Crippen molar-refractivity contribution in [1.29, 1.82) is 0 Å². The molecule has 0 amide bonds. The second kappa shape index (κ2) is 4.04. The number of carbonyl (C=O) groups is 1. The van der Waals surface area contributed by atoms with E-state index in [-0.39, 0.29) is 5.92 Å². The normalized spacial score (nSPS) is 20.5. The molecule has 0 saturated heterocycles. The van der Waals surface area contributed by atoms with E-state index in [0.29, 0.717) is 5.92 Å². The van der Waals surface area contributed by atoms with Crippen LogP contribution in [0.4, 0.5) is 0 Å². The molecule has 0 N–H and O–H groups in total. The summed E-state index contributed by atoms with van der Waals surface area (Å²) in [6.07, 6.45) is 8.43. The molecule has 0 bridgehead atoms. The van der Waals surface area contributed by atoms with E-state index in [9.17, 15) is 4.79 Å². The van der Waals surface area contributed by atoms with Gasteiger partial charge in [0.25, 0.3) is 0 Å². The maximum absolute atomic E-state index is 11.0. The third kappa shape index (κ3) is 1.91. The summed E-state index contributed by atoms with van der Waals surface area (Å²) in [6, 6.07) is 6.83. The van der Waals surface area contributed by atoms with Crippen molar-refractivity contribution in [3.63, 3.8) is 0 Å². The van der Waals surface area contributed by atoms with Gasteiger partial charge in [0, 0.05) is 5.92 Å². The Balaban J connectivity index is 1.76. The van der Waals surface area contributed by atoms with Crippen LogP contribution in [-0.4, -0.2) is 6.29 Å². The molecular weight excluding hydrogens is 196 g/mol. The molecule has 84 valence electrons. The Morgan fingerprint density at radius 2 is 2.06 bits per heavy atom. The maximum atomic E-state index is 11.0. The van der Waals surface area contributed by atoms with Crippen LogP contribution in [-0.2, 0) is 24.1 Å². The fourth-order valence-electron chi connectivity index (χ4n) is 2.87. The van der Waals surface area contributed by atoms with Crippen LogP contribution in [0.15, 0.2) is 18.2 Å². The van der Waals surface area contributed by atoms with Crippen LogP contribution >= 0.6 is 0 Å². The number of benzene rings is 1. The number of fused-ring (bicyclic) bond motifs is 1. The van der Waals surface area contributed by atoms with Crippen molar-refractivity contribution in [2.45, 2.75) is 38.5 Å². The van der Waals surface area contributed by atoms with Crippen LogP contribution in [0.5, 0.6) is 0 Å². The maximum Gasteiger partial charge on any atom is 0.123 e. The fourth-order valence-corrected chi connectivity index (χ4v) is 2.87. The zero-order valence-corrected chi connectivity index (χ0v) is 9.61. The first-order valence-electron chi connectivity index (χ1n) is 6.43. The van der Waals surface area contributed by atoms with Crippen LogP contribution in [0.2, 0.25) is 0 Å². The molecule has 0 aromatic heterocycles. The summed E-state index contributed by atoms with van der Waals surface area (Å²) in [5.74, 6) is 0.963. The fraction of sp³-hybridized carbons (Fsp3) is 0.533. The minimum Gasteiger partial charge on any atom is -0.303 e. The predicted octanol–water partition coefficient (Wildman–Crippen LogP) is 2.94. The van der Waals surface area contributed by atoms with Crippen molar-refractivity contribution in [2.24, 2.45) is 11.8 Å². The summed E-state index contributed by atoms with van der Waals surface area (Å²) in [4.78, 5) is 11.0. The molecule has 0 heterocycles. The highest BCUT2D eigenvalue weighted by Gasteiger charge is 2.30. The van der Waals surface area contributed by atoms with Crippen LogP contribution < -0.4 is 0 Å². The molecule has 1 nitrogen and oxygen atoms in total. The molecule has 0 radical (unpaired) electrons. The molecule has 1 unspecified atom stereocenters. The predicted molar refractivity (Wildman–Crippen MR) is 64.4 cm³/mol. The minimum absolute atomic E-state index is 0.277. The molecule has 3 rings (SSSR count). The van der Waals surface area contributed by atoms with Crippen molar-refractivity contribution in [2.75, 3.05) is 0 Å². The van der Waals surface area contributed by atoms with Crippen molar-refractivity contribution < 1.29 is 4.79 Å². The minimum atomic E-state index is 0.277. The molecule has 0 aliphatic heterocycles. The van der Waals surface area contributed by atoms with Crippen LogP contribution in [0, 0.1) is 11.8 Å². The zero-order valence-electron chi connectivity index (χ0n) is 9.61. The first-order chi connectivity index (χ1) is 7.86. The highest BCUT2D eigenvalue weighted by Crippen LogP contribution is 2.37. The van der Waals surface area contributed by atoms with E-state index in [4.69, 9.17) is 0 Å². The van der Waals surface area contributed by atoms with Gasteiger partial charge >= 0.3 is 0 Å². The van der Waals surface area contributed by atoms with Gasteiger partial charge in [0.2, 0.25) is 0 Å². The molecule has 16 heavy (non-hydrogen) atoms. The van der Waals surface area contributed by atoms with E-state index in [1.54, 1.807) is 0 Å². The Kier molecular flexibility index (Phi) is 2.55. The van der Waals surface area contributed by atoms with Gasteiger partial charge in [-0.2, -0.15) is 0 Å². The summed E-state index contributed by atoms with van der Waals surface area (Å²) in [5, 5.41) is 0. The Labute approximate surface area is 96.9 Å². The highest BCUT2D eigenvalue weighted by molar-refractivity contribution is 5.55.